The number of aliphatic hydroxyl groups excluding tert-OH is 1. The van der Waals surface area contributed by atoms with Gasteiger partial charge >= 0.3 is 6.18 Å². The molecule has 0 aliphatic heterocycles. The molecule has 0 aliphatic rings. The monoisotopic (exact) mass is 306 g/mol. The maximum atomic E-state index is 12.4. The molecule has 6 nitrogen and oxygen atoms in total. The normalized spacial score (nSPS) is 11.3. The topological polar surface area (TPSA) is 78.4 Å². The van der Waals surface area contributed by atoms with Crippen LogP contribution in [0, 0.1) is 0 Å². The molecule has 0 saturated carbocycles. The second kappa shape index (κ2) is 7.77. The molecule has 1 heterocycles. The van der Waals surface area contributed by atoms with E-state index >= 15 is 0 Å². The Morgan fingerprint density at radius 1 is 1.38 bits per heavy atom. The molecule has 2 N–H and O–H groups in total. The van der Waals surface area contributed by atoms with Crippen molar-refractivity contribution in [1.29, 1.82) is 0 Å². The van der Waals surface area contributed by atoms with E-state index in [1.807, 2.05) is 6.92 Å². The molecule has 1 aromatic rings. The number of rotatable bonds is 7. The van der Waals surface area contributed by atoms with Crippen molar-refractivity contribution in [2.75, 3.05) is 31.6 Å². The zero-order valence-electron chi connectivity index (χ0n) is 11.5. The van der Waals surface area contributed by atoms with Crippen LogP contribution in [0.3, 0.4) is 0 Å². The first kappa shape index (κ1) is 17.2. The number of hydrogen-bond donors (Lipinski definition) is 2. The summed E-state index contributed by atoms with van der Waals surface area (Å²) in [4.78, 5) is 20.1. The Bertz CT molecular complexity index is 451. The summed E-state index contributed by atoms with van der Waals surface area (Å²) in [5, 5.41) is 11.7. The molecule has 0 radical (unpaired) electrons. The molecule has 0 atom stereocenters. The molecule has 9 heteroatoms. The van der Waals surface area contributed by atoms with Crippen molar-refractivity contribution in [2.24, 2.45) is 0 Å². The van der Waals surface area contributed by atoms with Crippen molar-refractivity contribution in [3.8, 4) is 0 Å². The van der Waals surface area contributed by atoms with Crippen LogP contribution >= 0.6 is 0 Å². The maximum Gasteiger partial charge on any atom is 0.406 e. The number of halogens is 3. The molecule has 1 aromatic heterocycles. The average molecular weight is 306 g/mol. The second-order valence-electron chi connectivity index (χ2n) is 4.28. The quantitative estimate of drug-likeness (QED) is 0.794. The summed E-state index contributed by atoms with van der Waals surface area (Å²) in [6.07, 6.45) is -1.27. The number of aromatic nitrogens is 2. The highest BCUT2D eigenvalue weighted by Crippen LogP contribution is 2.17. The minimum Gasteiger partial charge on any atom is -0.395 e. The van der Waals surface area contributed by atoms with Gasteiger partial charge in [-0.1, -0.05) is 6.92 Å². The van der Waals surface area contributed by atoms with E-state index < -0.39 is 31.8 Å². The average Bonchev–Trinajstić information content (AvgIpc) is 2.43. The Hall–Kier alpha value is -1.90. The summed E-state index contributed by atoms with van der Waals surface area (Å²) in [5.41, 5.74) is -0.199. The number of anilines is 1. The fourth-order valence-corrected chi connectivity index (χ4v) is 1.53. The first-order valence-electron chi connectivity index (χ1n) is 6.40. The lowest BCUT2D eigenvalue weighted by Crippen LogP contribution is -2.41. The summed E-state index contributed by atoms with van der Waals surface area (Å²) >= 11 is 0. The molecule has 0 fully saturated rings. The van der Waals surface area contributed by atoms with Crippen LogP contribution in [0.5, 0.6) is 0 Å². The lowest BCUT2D eigenvalue weighted by molar-refractivity contribution is -0.141. The van der Waals surface area contributed by atoms with Gasteiger partial charge in [-0.2, -0.15) is 13.2 Å². The molecule has 1 amide bonds. The summed E-state index contributed by atoms with van der Waals surface area (Å²) in [6.45, 7) is 0.208. The van der Waals surface area contributed by atoms with Gasteiger partial charge in [0.25, 0.3) is 5.91 Å². The number of alkyl halides is 3. The Labute approximate surface area is 120 Å². The largest absolute Gasteiger partial charge is 0.406 e. The third-order valence-electron chi connectivity index (χ3n) is 2.45. The zero-order chi connectivity index (χ0) is 15.9. The molecular weight excluding hydrogens is 289 g/mol. The minimum atomic E-state index is -4.54. The minimum absolute atomic E-state index is 0.199. The third-order valence-corrected chi connectivity index (χ3v) is 2.45. The van der Waals surface area contributed by atoms with Gasteiger partial charge in [-0.15, -0.1) is 0 Å². The van der Waals surface area contributed by atoms with E-state index in [1.54, 1.807) is 0 Å². The van der Waals surface area contributed by atoms with Crippen molar-refractivity contribution in [3.05, 3.63) is 18.1 Å². The van der Waals surface area contributed by atoms with Crippen LogP contribution in [0.25, 0.3) is 0 Å². The highest BCUT2D eigenvalue weighted by Gasteiger charge is 2.33. The van der Waals surface area contributed by atoms with E-state index in [9.17, 15) is 18.0 Å². The fourth-order valence-electron chi connectivity index (χ4n) is 1.53. The fraction of sp³-hybridized carbons (Fsp3) is 0.583. The molecule has 0 aliphatic carbocycles. The van der Waals surface area contributed by atoms with Gasteiger partial charge in [0.05, 0.1) is 19.0 Å². The number of nitrogens with one attached hydrogen (secondary N) is 1. The van der Waals surface area contributed by atoms with Gasteiger partial charge in [0, 0.05) is 13.1 Å². The summed E-state index contributed by atoms with van der Waals surface area (Å²) < 4.78 is 37.2. The Balaban J connectivity index is 2.78. The Kier molecular flexibility index (Phi) is 6.35. The highest BCUT2D eigenvalue weighted by molar-refractivity contribution is 5.92. The number of amides is 1. The van der Waals surface area contributed by atoms with Crippen molar-refractivity contribution in [2.45, 2.75) is 19.5 Å². The summed E-state index contributed by atoms with van der Waals surface area (Å²) in [7, 11) is 0. The molecular formula is C12H17F3N4O2. The van der Waals surface area contributed by atoms with E-state index in [0.717, 1.165) is 12.6 Å². The first-order valence-corrected chi connectivity index (χ1v) is 6.40. The van der Waals surface area contributed by atoms with Crippen LogP contribution < -0.4 is 5.32 Å². The maximum absolute atomic E-state index is 12.4. The van der Waals surface area contributed by atoms with Crippen LogP contribution in [0.15, 0.2) is 12.4 Å². The van der Waals surface area contributed by atoms with E-state index in [1.165, 1.54) is 6.20 Å². The lowest BCUT2D eigenvalue weighted by Gasteiger charge is -2.22. The Morgan fingerprint density at radius 3 is 2.57 bits per heavy atom. The van der Waals surface area contributed by atoms with Crippen molar-refractivity contribution < 1.29 is 23.1 Å². The predicted molar refractivity (Wildman–Crippen MR) is 69.9 cm³/mol. The van der Waals surface area contributed by atoms with Crippen LogP contribution in [0.2, 0.25) is 0 Å². The van der Waals surface area contributed by atoms with Crippen LogP contribution in [0.4, 0.5) is 19.0 Å². The van der Waals surface area contributed by atoms with Crippen molar-refractivity contribution in [3.63, 3.8) is 0 Å². The lowest BCUT2D eigenvalue weighted by atomic mass is 10.3. The molecule has 0 spiro atoms. The highest BCUT2D eigenvalue weighted by atomic mass is 19.4. The van der Waals surface area contributed by atoms with E-state index in [4.69, 9.17) is 5.11 Å². The van der Waals surface area contributed by atoms with E-state index in [2.05, 4.69) is 15.3 Å². The second-order valence-corrected chi connectivity index (χ2v) is 4.28. The van der Waals surface area contributed by atoms with Gasteiger partial charge in [0.2, 0.25) is 0 Å². The smallest absolute Gasteiger partial charge is 0.395 e. The van der Waals surface area contributed by atoms with Gasteiger partial charge in [-0.05, 0) is 6.42 Å². The first-order chi connectivity index (χ1) is 9.87. The predicted octanol–water partition coefficient (Wildman–Crippen LogP) is 1.30. The number of carbonyl (C=O) groups excluding carboxylic acids is 1. The van der Waals surface area contributed by atoms with Gasteiger partial charge in [0.15, 0.2) is 0 Å². The molecule has 0 saturated heterocycles. The molecule has 0 bridgehead atoms. The van der Waals surface area contributed by atoms with Crippen LogP contribution in [0.1, 0.15) is 23.8 Å². The molecule has 0 aromatic carbocycles. The van der Waals surface area contributed by atoms with Crippen molar-refractivity contribution >= 4 is 11.7 Å². The van der Waals surface area contributed by atoms with Gasteiger partial charge in [0.1, 0.15) is 18.1 Å². The Morgan fingerprint density at radius 2 is 2.10 bits per heavy atom. The number of carbonyl (C=O) groups is 1. The standard InChI is InChI=1S/C12H17F3N4O2/c1-2-3-16-10-7-17-9(6-18-10)11(21)19(4-5-20)8-12(13,14)15/h6-7,20H,2-5,8H2,1H3,(H,16,18). The summed E-state index contributed by atoms with van der Waals surface area (Å²) in [6, 6.07) is 0. The van der Waals surface area contributed by atoms with Gasteiger partial charge in [-0.3, -0.25) is 4.79 Å². The van der Waals surface area contributed by atoms with Crippen molar-refractivity contribution in [1.82, 2.24) is 14.9 Å². The van der Waals surface area contributed by atoms with Crippen LogP contribution in [-0.4, -0.2) is 58.3 Å². The third kappa shape index (κ3) is 5.94. The zero-order valence-corrected chi connectivity index (χ0v) is 11.5. The number of hydrogen-bond acceptors (Lipinski definition) is 5. The van der Waals surface area contributed by atoms with E-state index in [0.29, 0.717) is 17.3 Å². The number of aliphatic hydroxyl groups is 1. The molecule has 21 heavy (non-hydrogen) atoms. The van der Waals surface area contributed by atoms with E-state index in [-0.39, 0.29) is 5.69 Å². The van der Waals surface area contributed by atoms with Gasteiger partial charge in [-0.25, -0.2) is 9.97 Å². The summed E-state index contributed by atoms with van der Waals surface area (Å²) in [5.74, 6) is -0.478. The number of nitrogens with zero attached hydrogens (tertiary/aromatic N) is 3. The molecule has 118 valence electrons. The molecule has 1 rings (SSSR count). The van der Waals surface area contributed by atoms with Crippen LogP contribution in [-0.2, 0) is 0 Å². The SMILES string of the molecule is CCCNc1cnc(C(=O)N(CCO)CC(F)(F)F)cn1. The molecule has 0 unspecified atom stereocenters. The van der Waals surface area contributed by atoms with Gasteiger partial charge < -0.3 is 15.3 Å².